The van der Waals surface area contributed by atoms with E-state index in [1.54, 1.807) is 0 Å². The summed E-state index contributed by atoms with van der Waals surface area (Å²) in [5, 5.41) is 0. The first kappa shape index (κ1) is 85.2. The van der Waals surface area contributed by atoms with Crippen molar-refractivity contribution in [3.63, 3.8) is 0 Å². The zero-order chi connectivity index (χ0) is 63.5. The van der Waals surface area contributed by atoms with Crippen LogP contribution in [0.25, 0.3) is 0 Å². The molecule has 0 saturated heterocycles. The van der Waals surface area contributed by atoms with Crippen molar-refractivity contribution in [1.82, 2.24) is 0 Å². The fourth-order valence-electron chi connectivity index (χ4n) is 14.1. The van der Waals surface area contributed by atoms with Crippen LogP contribution in [-0.4, -0.2) is 566 Å². The molecule has 0 spiro atoms. The lowest BCUT2D eigenvalue weighted by Gasteiger charge is -2.61. The summed E-state index contributed by atoms with van der Waals surface area (Å²) in [5.74, 6) is 0. The molecule has 0 aromatic rings. The highest BCUT2D eigenvalue weighted by atomic mass is 13.5. The predicted molar refractivity (Wildman–Crippen MR) is 460 cm³/mol. The lowest BCUT2D eigenvalue weighted by molar-refractivity contribution is 3.14. The second kappa shape index (κ2) is 39.0. The summed E-state index contributed by atoms with van der Waals surface area (Å²) in [7, 11) is 282. The Kier molecular flexibility index (Phi) is 41.6. The van der Waals surface area contributed by atoms with Crippen LogP contribution < -0.4 is 0 Å². The van der Waals surface area contributed by atoms with Gasteiger partial charge in [0.05, 0.1) is 0 Å². The van der Waals surface area contributed by atoms with Gasteiger partial charge in [0.1, 0.15) is 0 Å². The van der Waals surface area contributed by atoms with Gasteiger partial charge in [-0.1, -0.05) is 0 Å². The monoisotopic (exact) mass is 881 g/mol. The third-order valence-electron chi connectivity index (χ3n) is 16.9. The molecule has 0 saturated carbocycles. The van der Waals surface area contributed by atoms with Crippen LogP contribution in [0.2, 0.25) is 0 Å². The Morgan fingerprint density at radius 1 is 0.0750 bits per heavy atom. The minimum Gasteiger partial charge on any atom is 0 e. The minimum absolute atomic E-state index is 1.58. The summed E-state index contributed by atoms with van der Waals surface area (Å²) in [4.78, 5) is 0. The van der Waals surface area contributed by atoms with Crippen molar-refractivity contribution >= 4 is 566 Å². The molecule has 82 radical (unpaired) electrons. The maximum absolute atomic E-state index is 7.18. The molecule has 0 atom stereocenters. The van der Waals surface area contributed by atoms with Crippen molar-refractivity contribution in [3.05, 3.63) is 0 Å². The van der Waals surface area contributed by atoms with Crippen molar-refractivity contribution in [3.8, 4) is 0 Å². The molecule has 0 bridgehead atoms. The van der Waals surface area contributed by atoms with Crippen LogP contribution in [0.3, 0.4) is 0 Å². The van der Waals surface area contributed by atoms with Gasteiger partial charge in [-0.2, -0.15) is 0 Å². The van der Waals surface area contributed by atoms with Crippen molar-refractivity contribution in [2.45, 2.75) is 0 Å². The van der Waals surface area contributed by atoms with Gasteiger partial charge < -0.3 is 0 Å². The topological polar surface area (TPSA) is 0 Å². The number of hydrogen-bond acceptors (Lipinski definition) is 0. The smallest absolute Gasteiger partial charge is 0 e. The van der Waals surface area contributed by atoms with Crippen LogP contribution in [0, 0.1) is 0 Å². The van der Waals surface area contributed by atoms with Gasteiger partial charge in [0, 0.05) is 566 Å². The van der Waals surface area contributed by atoms with Crippen LogP contribution in [0.5, 0.6) is 0 Å². The number of hydrogen-bond donors (Lipinski definition) is 0. The average Bonchev–Trinajstić information content (AvgIpc) is 3.23. The maximum Gasteiger partial charge on any atom is 0 e. The molecule has 0 rings (SSSR count). The molecule has 0 nitrogen and oxygen atoms in total. The van der Waals surface area contributed by atoms with Crippen LogP contribution >= 0.6 is 0 Å². The molecular weight excluding hydrogens is 865 g/mol. The molecule has 0 aliphatic carbocycles. The Morgan fingerprint density at radius 2 is 0.150 bits per heavy atom. The Balaban J connectivity index is 12.7. The Hall–Kier alpha value is 5.19. The van der Waals surface area contributed by atoms with Crippen molar-refractivity contribution in [2.24, 2.45) is 0 Å². The second-order valence-electron chi connectivity index (χ2n) is 22.5. The second-order valence-corrected chi connectivity index (χ2v) is 22.5. The molecule has 0 N–H and O–H groups in total. The first-order valence-corrected chi connectivity index (χ1v) is 26.3. The fraction of sp³-hybridized carbons (Fsp3) is 0. The number of rotatable bonds is 38. The third-order valence-corrected chi connectivity index (χ3v) is 16.9. The summed E-state index contributed by atoms with van der Waals surface area (Å²) >= 11 is 0. The highest BCUT2D eigenvalue weighted by Crippen LogP contribution is 2.28. The molecule has 0 aromatic heterocycles. The van der Waals surface area contributed by atoms with Gasteiger partial charge in [-0.15, -0.1) is 0 Å². The van der Waals surface area contributed by atoms with Gasteiger partial charge in [-0.05, 0) is 0 Å². The summed E-state index contributed by atoms with van der Waals surface area (Å²) in [6.45, 7) is 0. The van der Waals surface area contributed by atoms with Crippen molar-refractivity contribution in [1.29, 1.82) is 0 Å². The highest BCUT2D eigenvalue weighted by Gasteiger charge is 2.66. The minimum atomic E-state index is -1.93. The predicted octanol–water partition coefficient (Wildman–Crippen LogP) is -30.5. The van der Waals surface area contributed by atoms with E-state index in [4.69, 9.17) is 317 Å². The lowest BCUT2D eigenvalue weighted by Crippen LogP contribution is -2.99. The quantitative estimate of drug-likeness (QED) is 0.0543. The lowest BCUT2D eigenvalue weighted by atomic mass is 8.20. The van der Waals surface area contributed by atoms with Gasteiger partial charge in [-0.25, -0.2) is 0 Å². The van der Waals surface area contributed by atoms with Gasteiger partial charge in [0.25, 0.3) is 0 Å². The summed E-state index contributed by atoms with van der Waals surface area (Å²) < 4.78 is 0. The molecule has 0 amide bonds. The van der Waals surface area contributed by atoms with E-state index in [1.165, 1.54) is 0 Å². The van der Waals surface area contributed by atoms with Gasteiger partial charge in [-0.3, -0.25) is 0 Å². The molecule has 240 valence electrons. The van der Waals surface area contributed by atoms with E-state index in [-0.39, 0.29) is 0 Å². The Labute approximate surface area is 560 Å². The van der Waals surface area contributed by atoms with E-state index in [9.17, 15) is 0 Å². The molecule has 0 aromatic carbocycles. The first-order chi connectivity index (χ1) is 36.3. The molecule has 0 aliphatic rings. The zero-order valence-electron chi connectivity index (χ0n) is 46.2. The van der Waals surface area contributed by atoms with E-state index in [1.807, 2.05) is 0 Å². The van der Waals surface area contributed by atoms with Crippen LogP contribution in [0.1, 0.15) is 0 Å². The molecule has 0 unspecified atom stereocenters. The van der Waals surface area contributed by atoms with E-state index in [2.05, 4.69) is 0 Å². The van der Waals surface area contributed by atoms with Crippen molar-refractivity contribution < 1.29 is 0 Å². The van der Waals surface area contributed by atoms with E-state index in [0.29, 0.717) is 0 Å². The normalized spacial score (nSPS) is 9.80. The van der Waals surface area contributed by atoms with E-state index >= 15 is 0 Å². The Morgan fingerprint density at radius 3 is 0.225 bits per heavy atom. The highest BCUT2D eigenvalue weighted by molar-refractivity contribution is 8.41. The SMILES string of the molecule is [B]B([B])B([B])B(B([B])[B])B(B(B([B])[B])B([B])[B])B(B(B(B(B([B])[B])B([B])[B])B(B([B])[B])B([B])[B])B(B(B([B])[B])B([B])[B])B(B([B])[B])B([B])[B])B(B(B(B([B])[B])B([B])[B])B(B([B])[B])B([B])[B])B(B(B([B])[B])B([B])[B])B(B([B])[B])B([B])[B]. The Bertz CT molecular complexity index is 1240. The van der Waals surface area contributed by atoms with Gasteiger partial charge in [0.2, 0.25) is 0 Å². The summed E-state index contributed by atoms with van der Waals surface area (Å²) in [6.07, 6.45) is -65.6. The van der Waals surface area contributed by atoms with E-state index in [0.717, 1.165) is 0 Å². The average molecular weight is 865 g/mol. The first-order valence-electron chi connectivity index (χ1n) is 26.3. The molecule has 0 heterocycles. The van der Waals surface area contributed by atoms with Crippen LogP contribution in [0.15, 0.2) is 0 Å². The molecular formula is B80. The van der Waals surface area contributed by atoms with Gasteiger partial charge >= 0.3 is 0 Å². The summed E-state index contributed by atoms with van der Waals surface area (Å²) in [6, 6.07) is 0. The van der Waals surface area contributed by atoms with Crippen molar-refractivity contribution in [2.75, 3.05) is 0 Å². The van der Waals surface area contributed by atoms with Crippen LogP contribution in [0.4, 0.5) is 0 Å². The fourth-order valence-corrected chi connectivity index (χ4v) is 14.1. The zero-order valence-corrected chi connectivity index (χ0v) is 46.2. The molecule has 80 heteroatoms. The third kappa shape index (κ3) is 22.7. The van der Waals surface area contributed by atoms with Gasteiger partial charge in [0.15, 0.2) is 0 Å². The molecule has 0 aliphatic heterocycles. The summed E-state index contributed by atoms with van der Waals surface area (Å²) in [5.41, 5.74) is 0. The van der Waals surface area contributed by atoms with Crippen LogP contribution in [-0.2, 0) is 0 Å². The molecule has 80 heavy (non-hydrogen) atoms. The molecule has 0 fully saturated rings. The largest absolute Gasteiger partial charge is 0 e. The van der Waals surface area contributed by atoms with E-state index < -0.39 is 249 Å². The maximum atomic E-state index is 7.18. The standard InChI is InChI=1S/B80/c1-42(2)62(41)72(61(39)40)77(71(59(35)36)60(37)38)80(78(73(63(43(3)4)44(5)6)64(45(7)8)46(9)10)74(65(47(11)12)48(13)14)66(49(15)16)50(17)18)79(75(67(51(19)20)52(21)22)68(53(23)24)54(25)26)76(69(55(27)28)56(29)30)70(57(31)32)58(33)34.